The van der Waals surface area contributed by atoms with Gasteiger partial charge in [-0.2, -0.15) is 0 Å². The summed E-state index contributed by atoms with van der Waals surface area (Å²) in [5.41, 5.74) is 1.43. The second-order valence-corrected chi connectivity index (χ2v) is 5.23. The van der Waals surface area contributed by atoms with Gasteiger partial charge in [-0.05, 0) is 36.2 Å². The Morgan fingerprint density at radius 1 is 1.30 bits per heavy atom. The summed E-state index contributed by atoms with van der Waals surface area (Å²) in [6, 6.07) is 9.83. The number of amides is 1. The van der Waals surface area contributed by atoms with Gasteiger partial charge in [-0.15, -0.1) is 5.10 Å². The Hall–Kier alpha value is -2.96. The van der Waals surface area contributed by atoms with Crippen LogP contribution >= 0.6 is 0 Å². The molecule has 0 fully saturated rings. The lowest BCUT2D eigenvalue weighted by atomic mass is 10.1. The van der Waals surface area contributed by atoms with Crippen molar-refractivity contribution >= 4 is 11.6 Å². The highest BCUT2D eigenvalue weighted by Gasteiger charge is 2.10. The van der Waals surface area contributed by atoms with Crippen LogP contribution in [-0.2, 0) is 17.9 Å². The number of hydrogen-bond acceptors (Lipinski definition) is 3. The maximum atomic E-state index is 13.2. The van der Waals surface area contributed by atoms with Crippen LogP contribution in [0.5, 0.6) is 0 Å². The third-order valence-electron chi connectivity index (χ3n) is 3.49. The number of aromatic nitrogens is 3. The maximum Gasteiger partial charge on any atom is 0.350 e. The van der Waals surface area contributed by atoms with Gasteiger partial charge in [0.1, 0.15) is 12.4 Å². The number of halogens is 1. The number of pyridine rings is 1. The van der Waals surface area contributed by atoms with E-state index in [0.29, 0.717) is 11.2 Å². The van der Waals surface area contributed by atoms with Crippen LogP contribution in [0.25, 0.3) is 5.65 Å². The molecule has 0 aliphatic heterocycles. The predicted octanol–water partition coefficient (Wildman–Crippen LogP) is 1.26. The quantitative estimate of drug-likeness (QED) is 0.788. The Morgan fingerprint density at radius 2 is 2.13 bits per heavy atom. The van der Waals surface area contributed by atoms with E-state index in [2.05, 4.69) is 10.4 Å². The lowest BCUT2D eigenvalue weighted by molar-refractivity contribution is -0.122. The molecule has 1 aromatic carbocycles. The molecule has 0 aliphatic carbocycles. The van der Waals surface area contributed by atoms with Gasteiger partial charge < -0.3 is 5.32 Å². The van der Waals surface area contributed by atoms with E-state index >= 15 is 0 Å². The highest BCUT2D eigenvalue weighted by molar-refractivity contribution is 5.75. The first-order valence-corrected chi connectivity index (χ1v) is 7.10. The summed E-state index contributed by atoms with van der Waals surface area (Å²) in [5, 5.41) is 6.78. The molecule has 0 spiro atoms. The Bertz CT molecular complexity index is 929. The van der Waals surface area contributed by atoms with Gasteiger partial charge in [-0.3, -0.25) is 9.20 Å². The Morgan fingerprint density at radius 3 is 2.87 bits per heavy atom. The molecule has 0 saturated carbocycles. The topological polar surface area (TPSA) is 68.4 Å². The van der Waals surface area contributed by atoms with E-state index < -0.39 is 0 Å². The second kappa shape index (κ2) is 6.04. The summed E-state index contributed by atoms with van der Waals surface area (Å²) >= 11 is 0. The lowest BCUT2D eigenvalue weighted by Crippen LogP contribution is -2.32. The van der Waals surface area contributed by atoms with Gasteiger partial charge in [-0.25, -0.2) is 13.9 Å². The van der Waals surface area contributed by atoms with E-state index in [9.17, 15) is 14.0 Å². The predicted molar refractivity (Wildman–Crippen MR) is 82.4 cm³/mol. The molecule has 7 heteroatoms. The summed E-state index contributed by atoms with van der Waals surface area (Å²) < 4.78 is 15.7. The molecule has 1 amide bonds. The smallest absolute Gasteiger partial charge is 0.350 e. The van der Waals surface area contributed by atoms with Crippen molar-refractivity contribution in [1.29, 1.82) is 0 Å². The van der Waals surface area contributed by atoms with Crippen molar-refractivity contribution in [3.05, 3.63) is 70.0 Å². The van der Waals surface area contributed by atoms with E-state index in [1.165, 1.54) is 10.5 Å². The fourth-order valence-electron chi connectivity index (χ4n) is 2.28. The third-order valence-corrected chi connectivity index (χ3v) is 3.49. The molecule has 0 saturated heterocycles. The molecular formula is C16H15FN4O2. The average molecular weight is 314 g/mol. The number of carbonyl (C=O) groups excluding carboxylic acids is 1. The molecule has 1 N–H and O–H groups in total. The highest BCUT2D eigenvalue weighted by Crippen LogP contribution is 2.08. The highest BCUT2D eigenvalue weighted by atomic mass is 19.1. The molecule has 3 rings (SSSR count). The van der Waals surface area contributed by atoms with Crippen LogP contribution in [0.1, 0.15) is 11.1 Å². The minimum Gasteiger partial charge on any atom is -0.350 e. The fourth-order valence-corrected chi connectivity index (χ4v) is 2.28. The normalized spacial score (nSPS) is 10.9. The van der Waals surface area contributed by atoms with Crippen molar-refractivity contribution in [2.24, 2.45) is 0 Å². The number of nitrogens with one attached hydrogen (secondary N) is 1. The van der Waals surface area contributed by atoms with Crippen molar-refractivity contribution in [3.8, 4) is 0 Å². The molecule has 2 heterocycles. The number of hydrogen-bond donors (Lipinski definition) is 1. The van der Waals surface area contributed by atoms with Crippen molar-refractivity contribution in [2.75, 3.05) is 0 Å². The number of aryl methyl sites for hydroxylation is 1. The van der Waals surface area contributed by atoms with Crippen LogP contribution in [0, 0.1) is 12.7 Å². The van der Waals surface area contributed by atoms with E-state index in [1.54, 1.807) is 43.5 Å². The lowest BCUT2D eigenvalue weighted by Gasteiger charge is -2.06. The van der Waals surface area contributed by atoms with Gasteiger partial charge in [0.05, 0.1) is 0 Å². The SMILES string of the molecule is Cc1cc(CNC(=O)Cn2nc3ccccn3c2=O)ccc1F. The minimum atomic E-state index is -0.367. The number of rotatable bonds is 4. The zero-order valence-electron chi connectivity index (χ0n) is 12.5. The summed E-state index contributed by atoms with van der Waals surface area (Å²) in [4.78, 5) is 24.0. The molecule has 2 aromatic heterocycles. The molecule has 3 aromatic rings. The molecule has 0 radical (unpaired) electrons. The maximum absolute atomic E-state index is 13.2. The molecule has 0 unspecified atom stereocenters. The van der Waals surface area contributed by atoms with Gasteiger partial charge in [0.2, 0.25) is 5.91 Å². The Labute approximate surface area is 131 Å². The third kappa shape index (κ3) is 3.13. The molecule has 6 nitrogen and oxygen atoms in total. The summed E-state index contributed by atoms with van der Waals surface area (Å²) in [5.74, 6) is -0.617. The first kappa shape index (κ1) is 15.0. The van der Waals surface area contributed by atoms with Crippen molar-refractivity contribution < 1.29 is 9.18 Å². The van der Waals surface area contributed by atoms with Gasteiger partial charge in [0.25, 0.3) is 0 Å². The van der Waals surface area contributed by atoms with Crippen molar-refractivity contribution in [2.45, 2.75) is 20.0 Å². The summed E-state index contributed by atoms with van der Waals surface area (Å²) in [7, 11) is 0. The fraction of sp³-hybridized carbons (Fsp3) is 0.188. The van der Waals surface area contributed by atoms with Crippen LogP contribution in [-0.4, -0.2) is 20.1 Å². The number of fused-ring (bicyclic) bond motifs is 1. The molecule has 0 aliphatic rings. The van der Waals surface area contributed by atoms with Gasteiger partial charge >= 0.3 is 5.69 Å². The van der Waals surface area contributed by atoms with Crippen molar-refractivity contribution in [1.82, 2.24) is 19.5 Å². The molecular weight excluding hydrogens is 299 g/mol. The Balaban J connectivity index is 1.67. The van der Waals surface area contributed by atoms with E-state index in [4.69, 9.17) is 0 Å². The zero-order chi connectivity index (χ0) is 16.4. The van der Waals surface area contributed by atoms with Crippen LogP contribution in [0.2, 0.25) is 0 Å². The molecule has 0 atom stereocenters. The number of carbonyl (C=O) groups is 1. The second-order valence-electron chi connectivity index (χ2n) is 5.23. The number of nitrogens with zero attached hydrogens (tertiary/aromatic N) is 3. The van der Waals surface area contributed by atoms with E-state index in [0.717, 1.165) is 10.2 Å². The number of benzene rings is 1. The largest absolute Gasteiger partial charge is 0.350 e. The van der Waals surface area contributed by atoms with E-state index in [-0.39, 0.29) is 30.5 Å². The summed E-state index contributed by atoms with van der Waals surface area (Å²) in [6.07, 6.45) is 1.60. The van der Waals surface area contributed by atoms with Gasteiger partial charge in [0, 0.05) is 12.7 Å². The molecule has 0 bridgehead atoms. The van der Waals surface area contributed by atoms with E-state index in [1.807, 2.05) is 0 Å². The first-order chi connectivity index (χ1) is 11.0. The van der Waals surface area contributed by atoms with Crippen molar-refractivity contribution in [3.63, 3.8) is 0 Å². The average Bonchev–Trinajstić information content (AvgIpc) is 2.85. The minimum absolute atomic E-state index is 0.166. The standard InChI is InChI=1S/C16H15FN4O2/c1-11-8-12(5-6-13(11)17)9-18-15(22)10-21-16(23)20-7-3-2-4-14(20)19-21/h2-8H,9-10H2,1H3,(H,18,22). The first-order valence-electron chi connectivity index (χ1n) is 7.10. The molecule has 23 heavy (non-hydrogen) atoms. The molecule has 118 valence electrons. The Kier molecular flexibility index (Phi) is 3.92. The van der Waals surface area contributed by atoms with Crippen LogP contribution in [0.15, 0.2) is 47.4 Å². The monoisotopic (exact) mass is 314 g/mol. The van der Waals surface area contributed by atoms with Crippen LogP contribution in [0.3, 0.4) is 0 Å². The van der Waals surface area contributed by atoms with Crippen LogP contribution in [0.4, 0.5) is 4.39 Å². The summed E-state index contributed by atoms with van der Waals surface area (Å²) in [6.45, 7) is 1.76. The van der Waals surface area contributed by atoms with Crippen LogP contribution < -0.4 is 11.0 Å². The zero-order valence-corrected chi connectivity index (χ0v) is 12.5. The van der Waals surface area contributed by atoms with Gasteiger partial charge in [-0.1, -0.05) is 18.2 Å². The van der Waals surface area contributed by atoms with Gasteiger partial charge in [0.15, 0.2) is 5.65 Å².